The van der Waals surface area contributed by atoms with Crippen molar-refractivity contribution in [2.75, 3.05) is 31.6 Å². The lowest BCUT2D eigenvalue weighted by Gasteiger charge is -2.28. The number of rotatable bonds is 5. The molecule has 0 aromatic carbocycles. The molecule has 0 amide bonds. The van der Waals surface area contributed by atoms with Crippen molar-refractivity contribution in [3.8, 4) is 0 Å². The molecule has 0 aromatic rings. The van der Waals surface area contributed by atoms with Gasteiger partial charge in [-0.15, -0.1) is 0 Å². The van der Waals surface area contributed by atoms with Crippen molar-refractivity contribution >= 4 is 9.84 Å². The monoisotopic (exact) mass is 246 g/mol. The third-order valence-electron chi connectivity index (χ3n) is 4.05. The molecule has 5 heteroatoms. The average molecular weight is 246 g/mol. The van der Waals surface area contributed by atoms with Crippen LogP contribution >= 0.6 is 0 Å². The quantitative estimate of drug-likeness (QED) is 0.754. The largest absolute Gasteiger partial charge is 0.330 e. The Morgan fingerprint density at radius 2 is 2.12 bits per heavy atom. The van der Waals surface area contributed by atoms with Gasteiger partial charge in [0.25, 0.3) is 0 Å². The van der Waals surface area contributed by atoms with Crippen LogP contribution in [0.3, 0.4) is 0 Å². The van der Waals surface area contributed by atoms with Crippen molar-refractivity contribution < 1.29 is 8.42 Å². The number of sulfone groups is 1. The molecule has 1 saturated heterocycles. The fourth-order valence-corrected chi connectivity index (χ4v) is 4.56. The molecule has 0 bridgehead atoms. The van der Waals surface area contributed by atoms with Crippen molar-refractivity contribution in [1.82, 2.24) is 4.90 Å². The van der Waals surface area contributed by atoms with Gasteiger partial charge in [0.15, 0.2) is 9.84 Å². The molecule has 2 fully saturated rings. The van der Waals surface area contributed by atoms with E-state index in [0.717, 1.165) is 25.9 Å². The van der Waals surface area contributed by atoms with Gasteiger partial charge in [-0.25, -0.2) is 8.42 Å². The minimum absolute atomic E-state index is 0.236. The van der Waals surface area contributed by atoms with Crippen molar-refractivity contribution in [3.63, 3.8) is 0 Å². The van der Waals surface area contributed by atoms with Crippen molar-refractivity contribution in [3.05, 3.63) is 0 Å². The Balaban J connectivity index is 1.87. The highest BCUT2D eigenvalue weighted by Gasteiger charge is 2.44. The third-order valence-corrected chi connectivity index (χ3v) is 5.80. The number of nitrogens with zero attached hydrogens (tertiary/aromatic N) is 1. The Kier molecular flexibility index (Phi) is 3.29. The minimum atomic E-state index is -2.75. The topological polar surface area (TPSA) is 63.4 Å². The van der Waals surface area contributed by atoms with Crippen LogP contribution in [0, 0.1) is 5.41 Å². The van der Waals surface area contributed by atoms with Gasteiger partial charge in [0, 0.05) is 12.6 Å². The highest BCUT2D eigenvalue weighted by atomic mass is 32.2. The molecule has 1 aliphatic heterocycles. The Morgan fingerprint density at radius 1 is 1.44 bits per heavy atom. The second-order valence-corrected chi connectivity index (χ2v) is 7.74. The van der Waals surface area contributed by atoms with E-state index in [-0.39, 0.29) is 6.04 Å². The Bertz CT molecular complexity index is 349. The highest BCUT2D eigenvalue weighted by Crippen LogP contribution is 2.49. The predicted octanol–water partition coefficient (Wildman–Crippen LogP) is 0.234. The third kappa shape index (κ3) is 2.76. The normalized spacial score (nSPS) is 30.8. The Labute approximate surface area is 98.1 Å². The molecule has 2 aliphatic rings. The molecule has 1 heterocycles. The maximum Gasteiger partial charge on any atom is 0.151 e. The lowest BCUT2D eigenvalue weighted by Crippen LogP contribution is -2.37. The van der Waals surface area contributed by atoms with Gasteiger partial charge >= 0.3 is 0 Å². The van der Waals surface area contributed by atoms with Gasteiger partial charge in [-0.1, -0.05) is 0 Å². The minimum Gasteiger partial charge on any atom is -0.330 e. The van der Waals surface area contributed by atoms with Gasteiger partial charge < -0.3 is 10.6 Å². The molecule has 2 rings (SSSR count). The standard InChI is InChI=1S/C11H22N2O2S/c1-13(9-11(3-4-11)5-6-12)10-2-7-16(14,15)8-10/h10H,2-9,12H2,1H3. The van der Waals surface area contributed by atoms with Crippen LogP contribution in [0.4, 0.5) is 0 Å². The van der Waals surface area contributed by atoms with E-state index in [1.165, 1.54) is 12.8 Å². The van der Waals surface area contributed by atoms with Gasteiger partial charge in [0.2, 0.25) is 0 Å². The summed E-state index contributed by atoms with van der Waals surface area (Å²) in [5.74, 6) is 0.716. The van der Waals surface area contributed by atoms with Gasteiger partial charge in [-0.05, 0) is 44.7 Å². The van der Waals surface area contributed by atoms with E-state index in [1.807, 2.05) is 0 Å². The number of nitrogens with two attached hydrogens (primary N) is 1. The summed E-state index contributed by atoms with van der Waals surface area (Å²) in [6.07, 6.45) is 4.40. The summed E-state index contributed by atoms with van der Waals surface area (Å²) >= 11 is 0. The molecular formula is C11H22N2O2S. The van der Waals surface area contributed by atoms with Gasteiger partial charge in [0.1, 0.15) is 0 Å². The van der Waals surface area contributed by atoms with E-state index in [0.29, 0.717) is 16.9 Å². The summed E-state index contributed by atoms with van der Waals surface area (Å²) in [7, 11) is -0.697. The van der Waals surface area contributed by atoms with E-state index in [2.05, 4.69) is 11.9 Å². The van der Waals surface area contributed by atoms with E-state index in [4.69, 9.17) is 5.73 Å². The second kappa shape index (κ2) is 4.27. The van der Waals surface area contributed by atoms with Crippen LogP contribution in [0.25, 0.3) is 0 Å². The summed E-state index contributed by atoms with van der Waals surface area (Å²) < 4.78 is 22.8. The zero-order chi connectivity index (χ0) is 11.8. The molecule has 1 unspecified atom stereocenters. The van der Waals surface area contributed by atoms with Gasteiger partial charge in [-0.2, -0.15) is 0 Å². The van der Waals surface area contributed by atoms with E-state index >= 15 is 0 Å². The average Bonchev–Trinajstić information content (AvgIpc) is 2.82. The summed E-state index contributed by atoms with van der Waals surface area (Å²) in [6, 6.07) is 0.236. The summed E-state index contributed by atoms with van der Waals surface area (Å²) in [4.78, 5) is 2.24. The van der Waals surface area contributed by atoms with E-state index in [1.54, 1.807) is 0 Å². The first-order chi connectivity index (χ1) is 7.46. The predicted molar refractivity (Wildman–Crippen MR) is 65.0 cm³/mol. The molecule has 4 nitrogen and oxygen atoms in total. The zero-order valence-corrected chi connectivity index (χ0v) is 10.8. The van der Waals surface area contributed by atoms with Crippen LogP contribution in [-0.4, -0.2) is 51.0 Å². The highest BCUT2D eigenvalue weighted by molar-refractivity contribution is 7.91. The van der Waals surface area contributed by atoms with Gasteiger partial charge in [0.05, 0.1) is 11.5 Å². The van der Waals surface area contributed by atoms with Crippen molar-refractivity contribution in [2.45, 2.75) is 31.7 Å². The van der Waals surface area contributed by atoms with Crippen LogP contribution in [0.5, 0.6) is 0 Å². The molecular weight excluding hydrogens is 224 g/mol. The maximum atomic E-state index is 11.4. The van der Waals surface area contributed by atoms with Crippen LogP contribution in [0.1, 0.15) is 25.7 Å². The second-order valence-electron chi connectivity index (χ2n) is 5.51. The SMILES string of the molecule is CN(CC1(CCN)CC1)C1CCS(=O)(=O)C1. The maximum absolute atomic E-state index is 11.4. The number of hydrogen-bond donors (Lipinski definition) is 1. The molecule has 1 saturated carbocycles. The summed E-state index contributed by atoms with van der Waals surface area (Å²) in [6.45, 7) is 1.77. The molecule has 1 atom stereocenters. The lowest BCUT2D eigenvalue weighted by molar-refractivity contribution is 0.205. The molecule has 2 N–H and O–H groups in total. The van der Waals surface area contributed by atoms with Gasteiger partial charge in [-0.3, -0.25) is 0 Å². The van der Waals surface area contributed by atoms with Crippen LogP contribution in [0.15, 0.2) is 0 Å². The Morgan fingerprint density at radius 3 is 2.56 bits per heavy atom. The van der Waals surface area contributed by atoms with Crippen LogP contribution in [0.2, 0.25) is 0 Å². The molecule has 0 spiro atoms. The van der Waals surface area contributed by atoms with Crippen molar-refractivity contribution in [1.29, 1.82) is 0 Å². The summed E-state index contributed by atoms with van der Waals surface area (Å²) in [5.41, 5.74) is 6.03. The molecule has 94 valence electrons. The van der Waals surface area contributed by atoms with Crippen LogP contribution < -0.4 is 5.73 Å². The fourth-order valence-electron chi connectivity index (χ4n) is 2.75. The first-order valence-electron chi connectivity index (χ1n) is 6.07. The molecule has 0 aromatic heterocycles. The molecule has 1 aliphatic carbocycles. The van der Waals surface area contributed by atoms with E-state index < -0.39 is 9.84 Å². The van der Waals surface area contributed by atoms with Crippen molar-refractivity contribution in [2.24, 2.45) is 11.1 Å². The smallest absolute Gasteiger partial charge is 0.151 e. The summed E-state index contributed by atoms with van der Waals surface area (Å²) in [5, 5.41) is 0. The first-order valence-corrected chi connectivity index (χ1v) is 7.89. The first kappa shape index (κ1) is 12.3. The fraction of sp³-hybridized carbons (Fsp3) is 1.00. The molecule has 0 radical (unpaired) electrons. The lowest BCUT2D eigenvalue weighted by atomic mass is 10.0. The number of hydrogen-bond acceptors (Lipinski definition) is 4. The Hall–Kier alpha value is -0.130. The molecule has 16 heavy (non-hydrogen) atoms. The zero-order valence-electron chi connectivity index (χ0n) is 9.98. The van der Waals surface area contributed by atoms with E-state index in [9.17, 15) is 8.42 Å². The van der Waals surface area contributed by atoms with Crippen LogP contribution in [-0.2, 0) is 9.84 Å².